The van der Waals surface area contributed by atoms with Gasteiger partial charge in [0.15, 0.2) is 58.1 Å². The smallest absolute Gasteiger partial charge is 0.550 e. The van der Waals surface area contributed by atoms with E-state index in [1.165, 1.54) is 0 Å². The molecule has 2 fully saturated rings. The molecule has 2 aromatic rings. The summed E-state index contributed by atoms with van der Waals surface area (Å²) in [7, 11) is 0. The first kappa shape index (κ1) is 50.0. The van der Waals surface area contributed by atoms with E-state index in [4.69, 9.17) is 0 Å². The third-order valence-electron chi connectivity index (χ3n) is 12.1. The number of carboxylic acids is 4. The second kappa shape index (κ2) is 15.7. The second-order valence-electron chi connectivity index (χ2n) is 14.4. The van der Waals surface area contributed by atoms with Gasteiger partial charge < -0.3 is 39.6 Å². The van der Waals surface area contributed by atoms with Crippen molar-refractivity contribution in [2.45, 2.75) is 67.2 Å². The first-order chi connectivity index (χ1) is 24.4. The molecule has 2 aliphatic carbocycles. The minimum Gasteiger partial charge on any atom is -0.550 e. The summed E-state index contributed by atoms with van der Waals surface area (Å²) in [5.41, 5.74) is -17.6. The van der Waals surface area contributed by atoms with Crippen molar-refractivity contribution in [1.82, 2.24) is 0 Å². The number of benzene rings is 2. The number of ketones is 2. The number of hydrogen-bond acceptors (Lipinski definition) is 10. The van der Waals surface area contributed by atoms with E-state index >= 15 is 0 Å². The second-order valence-corrected chi connectivity index (χ2v) is 14.4. The van der Waals surface area contributed by atoms with Crippen LogP contribution in [0.1, 0.15) is 87.9 Å². The van der Waals surface area contributed by atoms with Crippen LogP contribution in [0.4, 0.5) is 43.9 Å². The fraction of sp³-hybridized carbons (Fsp3) is 0.471. The largest absolute Gasteiger partial charge is 2.00 e. The molecule has 22 heteroatoms. The number of carbonyl (C=O) groups is 6. The summed E-state index contributed by atoms with van der Waals surface area (Å²) in [6, 6.07) is 0. The van der Waals surface area contributed by atoms with Gasteiger partial charge in [-0.05, 0) is 36.5 Å². The van der Waals surface area contributed by atoms with Crippen LogP contribution in [0.3, 0.4) is 0 Å². The Morgan fingerprint density at radius 2 is 0.571 bits per heavy atom. The monoisotopic (exact) mass is 900 g/mol. The van der Waals surface area contributed by atoms with Crippen LogP contribution in [-0.2, 0) is 52.2 Å². The van der Waals surface area contributed by atoms with E-state index in [9.17, 15) is 93.1 Å². The van der Waals surface area contributed by atoms with E-state index in [0.29, 0.717) is 0 Å². The van der Waals surface area contributed by atoms with Gasteiger partial charge in [-0.1, -0.05) is 41.5 Å². The van der Waals surface area contributed by atoms with Gasteiger partial charge in [-0.25, -0.2) is 43.9 Å². The van der Waals surface area contributed by atoms with E-state index in [1.54, 1.807) is 0 Å². The molecule has 4 unspecified atom stereocenters. The molecule has 0 bridgehead atoms. The van der Waals surface area contributed by atoms with Gasteiger partial charge in [0.25, 0.3) is 0 Å². The summed E-state index contributed by atoms with van der Waals surface area (Å²) in [6.07, 6.45) is -2.44. The van der Waals surface area contributed by atoms with Gasteiger partial charge in [0.05, 0.1) is 33.9 Å². The van der Waals surface area contributed by atoms with Crippen LogP contribution in [0.15, 0.2) is 0 Å². The van der Waals surface area contributed by atoms with Gasteiger partial charge >= 0.3 is 33.0 Å². The van der Waals surface area contributed by atoms with E-state index in [2.05, 4.69) is 0 Å². The molecule has 2 saturated carbocycles. The topological polar surface area (TPSA) is 195 Å². The Kier molecular flexibility index (Phi) is 14.0. The molecule has 4 atom stereocenters. The average Bonchev–Trinajstić information content (AvgIpc) is 3.44. The number of hydrogen-bond donors (Lipinski definition) is 0. The maximum Gasteiger partial charge on any atom is 2.00 e. The molecule has 0 saturated heterocycles. The van der Waals surface area contributed by atoms with E-state index in [0.717, 1.165) is 41.5 Å². The van der Waals surface area contributed by atoms with Crippen molar-refractivity contribution in [3.8, 4) is 0 Å². The summed E-state index contributed by atoms with van der Waals surface area (Å²) >= 11 is 0. The summed E-state index contributed by atoms with van der Waals surface area (Å²) in [5, 5.41) is 46.8. The third-order valence-corrected chi connectivity index (χ3v) is 12.1. The van der Waals surface area contributed by atoms with E-state index < -0.39 is 163 Å². The summed E-state index contributed by atoms with van der Waals surface area (Å²) in [6.45, 7) is 6.23. The summed E-state index contributed by atoms with van der Waals surface area (Å²) in [4.78, 5) is 72.5. The molecular weight excluding hydrogens is 876 g/mol. The SMILES string of the molecule is CC1(C(=O)[O-])CCC(C(=O)[O-])(C(=O)c2c(F)c(F)c(F)c(F)c2F)C1(C)C.CC1(C(=O)[O-])CCC(C(=O)[O-])(C(=O)c2c(F)c(F)c(F)c(F)c2F)C1(C)C.[Ni+2].[Ni+2]. The van der Waals surface area contributed by atoms with Crippen molar-refractivity contribution >= 4 is 35.4 Å². The van der Waals surface area contributed by atoms with Crippen molar-refractivity contribution in [1.29, 1.82) is 0 Å². The Labute approximate surface area is 329 Å². The molecule has 0 radical (unpaired) electrons. The maximum absolute atomic E-state index is 14.1. The number of halogens is 10. The van der Waals surface area contributed by atoms with Crippen LogP contribution < -0.4 is 20.4 Å². The Bertz CT molecular complexity index is 1860. The molecule has 0 aromatic heterocycles. The number of carbonyl (C=O) groups excluding carboxylic acids is 6. The van der Waals surface area contributed by atoms with E-state index in [-0.39, 0.29) is 33.0 Å². The van der Waals surface area contributed by atoms with E-state index in [1.807, 2.05) is 0 Å². The van der Waals surface area contributed by atoms with Gasteiger partial charge in [-0.15, -0.1) is 0 Å². The Balaban J connectivity index is 0.000000541. The standard InChI is InChI=1S/2C17H15F5O5.2Ni/c2*1-15(2)16(3,13(24)25)4-5-17(15,14(26)27)12(23)6-7(18)9(20)11(22)10(21)8(6)19;;/h2*4-5H2,1-3H3,(H,24,25)(H,26,27);;/q;;2*+2/p-4. The predicted molar refractivity (Wildman–Crippen MR) is 148 cm³/mol. The van der Waals surface area contributed by atoms with Crippen molar-refractivity contribution in [2.75, 3.05) is 0 Å². The molecule has 312 valence electrons. The first-order valence-corrected chi connectivity index (χ1v) is 15.3. The van der Waals surface area contributed by atoms with Gasteiger partial charge in [-0.3, -0.25) is 9.59 Å². The van der Waals surface area contributed by atoms with Crippen LogP contribution in [0.25, 0.3) is 0 Å². The number of carboxylic acid groups (broad SMARTS) is 4. The van der Waals surface area contributed by atoms with Crippen LogP contribution in [0.2, 0.25) is 0 Å². The van der Waals surface area contributed by atoms with Crippen molar-refractivity contribution < 1.29 is 126 Å². The quantitative estimate of drug-likeness (QED) is 0.0942. The summed E-state index contributed by atoms with van der Waals surface area (Å²) in [5.74, 6) is -36.5. The molecule has 0 amide bonds. The van der Waals surface area contributed by atoms with Crippen molar-refractivity contribution in [3.63, 3.8) is 0 Å². The normalized spacial score (nSPS) is 25.9. The third kappa shape index (κ3) is 6.29. The zero-order valence-corrected chi connectivity index (χ0v) is 31.3. The number of Topliss-reactive ketones (excluding diaryl/α,β-unsaturated/α-hetero) is 2. The fourth-order valence-electron chi connectivity index (χ4n) is 7.51. The van der Waals surface area contributed by atoms with Crippen molar-refractivity contribution in [2.24, 2.45) is 32.5 Å². The molecule has 0 aliphatic heterocycles. The Morgan fingerprint density at radius 1 is 0.375 bits per heavy atom. The molecule has 4 rings (SSSR count). The number of aliphatic carboxylic acids is 4. The zero-order chi connectivity index (χ0) is 42.2. The Hall–Kier alpha value is -4.05. The van der Waals surface area contributed by atoms with Gasteiger partial charge in [0.2, 0.25) is 11.6 Å². The predicted octanol–water partition coefficient (Wildman–Crippen LogP) is 1.75. The van der Waals surface area contributed by atoms with Gasteiger partial charge in [0.1, 0.15) is 0 Å². The van der Waals surface area contributed by atoms with Crippen LogP contribution in [0, 0.1) is 90.7 Å². The van der Waals surface area contributed by atoms with Gasteiger partial charge in [-0.2, -0.15) is 0 Å². The molecule has 2 aromatic carbocycles. The number of rotatable bonds is 8. The maximum atomic E-state index is 14.1. The summed E-state index contributed by atoms with van der Waals surface area (Å²) < 4.78 is 137. The molecule has 56 heavy (non-hydrogen) atoms. The fourth-order valence-corrected chi connectivity index (χ4v) is 7.51. The van der Waals surface area contributed by atoms with Gasteiger partial charge in [0, 0.05) is 22.8 Å². The first-order valence-electron chi connectivity index (χ1n) is 15.3. The molecule has 10 nitrogen and oxygen atoms in total. The molecule has 0 N–H and O–H groups in total. The molecular formula is C34H26F10Ni2O10. The average molecular weight is 902 g/mol. The molecule has 0 spiro atoms. The molecule has 2 aliphatic rings. The van der Waals surface area contributed by atoms with Crippen molar-refractivity contribution in [3.05, 3.63) is 69.3 Å². The van der Waals surface area contributed by atoms with Crippen LogP contribution >= 0.6 is 0 Å². The minimum atomic E-state index is -2.86. The van der Waals surface area contributed by atoms with Crippen LogP contribution in [0.5, 0.6) is 0 Å². The zero-order valence-electron chi connectivity index (χ0n) is 29.3. The Morgan fingerprint density at radius 3 is 0.732 bits per heavy atom. The minimum absolute atomic E-state index is 0. The van der Waals surface area contributed by atoms with Crippen LogP contribution in [-0.4, -0.2) is 35.4 Å². The molecule has 0 heterocycles.